The molecule has 0 aliphatic rings. The van der Waals surface area contributed by atoms with Crippen LogP contribution >= 0.6 is 0 Å². The smallest absolute Gasteiger partial charge is 0.303 e. The summed E-state index contributed by atoms with van der Waals surface area (Å²) in [4.78, 5) is 21.2. The van der Waals surface area contributed by atoms with Crippen LogP contribution in [0.1, 0.15) is 37.9 Å². The lowest BCUT2D eigenvalue weighted by molar-refractivity contribution is -0.137. The predicted molar refractivity (Wildman–Crippen MR) is 80.1 cm³/mol. The van der Waals surface area contributed by atoms with Crippen LogP contribution in [0.4, 0.5) is 5.69 Å². The Morgan fingerprint density at radius 1 is 1.19 bits per heavy atom. The summed E-state index contributed by atoms with van der Waals surface area (Å²) in [6.45, 7) is 2.69. The Hall–Kier alpha value is -1.92. The Morgan fingerprint density at radius 3 is 2.43 bits per heavy atom. The van der Waals surface area contributed by atoms with Crippen molar-refractivity contribution in [1.82, 2.24) is 5.32 Å². The van der Waals surface area contributed by atoms with Gasteiger partial charge in [0.15, 0.2) is 0 Å². The van der Waals surface area contributed by atoms with Gasteiger partial charge in [-0.15, -0.1) is 0 Å². The van der Waals surface area contributed by atoms with Gasteiger partial charge in [0.05, 0.1) is 6.10 Å². The number of carbonyl (C=O) groups excluding carboxylic acids is 1. The van der Waals surface area contributed by atoms with E-state index in [9.17, 15) is 14.7 Å². The monoisotopic (exact) mass is 294 g/mol. The number of nitrogens with one attached hydrogen (secondary N) is 2. The van der Waals surface area contributed by atoms with Crippen molar-refractivity contribution in [2.24, 2.45) is 0 Å². The minimum atomic E-state index is -0.795. The molecule has 0 fully saturated rings. The van der Waals surface area contributed by atoms with Gasteiger partial charge >= 0.3 is 5.97 Å². The maximum absolute atomic E-state index is 10.9. The van der Waals surface area contributed by atoms with E-state index in [1.165, 1.54) is 6.92 Å². The predicted octanol–water partition coefficient (Wildman–Crippen LogP) is 1.52. The standard InChI is InChI=1S/C15H22N2O4/c1-11(18)17-13-6-4-12(5-7-13)14(19)8-10-16-9-2-3-15(20)21/h4-7,14,16,19H,2-3,8-10H2,1H3,(H,17,18)(H,20,21). The van der Waals surface area contributed by atoms with Gasteiger partial charge in [-0.25, -0.2) is 0 Å². The summed E-state index contributed by atoms with van der Waals surface area (Å²) < 4.78 is 0. The van der Waals surface area contributed by atoms with E-state index in [1.54, 1.807) is 24.3 Å². The molecule has 6 nitrogen and oxygen atoms in total. The van der Waals surface area contributed by atoms with Crippen LogP contribution in [-0.2, 0) is 9.59 Å². The molecular weight excluding hydrogens is 272 g/mol. The lowest BCUT2D eigenvalue weighted by Gasteiger charge is -2.12. The van der Waals surface area contributed by atoms with E-state index in [0.29, 0.717) is 31.6 Å². The number of benzene rings is 1. The number of anilines is 1. The Bertz CT molecular complexity index is 459. The summed E-state index contributed by atoms with van der Waals surface area (Å²) in [6, 6.07) is 7.06. The Balaban J connectivity index is 2.27. The third kappa shape index (κ3) is 7.43. The average Bonchev–Trinajstić information content (AvgIpc) is 2.42. The second-order valence-electron chi connectivity index (χ2n) is 4.85. The van der Waals surface area contributed by atoms with Crippen LogP contribution in [0, 0.1) is 0 Å². The van der Waals surface area contributed by atoms with Crippen molar-refractivity contribution in [3.63, 3.8) is 0 Å². The van der Waals surface area contributed by atoms with Gasteiger partial charge in [0.25, 0.3) is 0 Å². The summed E-state index contributed by atoms with van der Waals surface area (Å²) in [7, 11) is 0. The average molecular weight is 294 g/mol. The Labute approximate surface area is 124 Å². The molecule has 1 aromatic carbocycles. The molecule has 0 aliphatic heterocycles. The number of hydrogen-bond acceptors (Lipinski definition) is 4. The topological polar surface area (TPSA) is 98.7 Å². The van der Waals surface area contributed by atoms with Gasteiger partial charge in [-0.1, -0.05) is 12.1 Å². The Morgan fingerprint density at radius 2 is 1.86 bits per heavy atom. The fraction of sp³-hybridized carbons (Fsp3) is 0.467. The molecule has 1 rings (SSSR count). The number of aliphatic hydroxyl groups is 1. The van der Waals surface area contributed by atoms with Crippen LogP contribution in [0.15, 0.2) is 24.3 Å². The number of hydrogen-bond donors (Lipinski definition) is 4. The van der Waals surface area contributed by atoms with E-state index in [2.05, 4.69) is 10.6 Å². The number of aliphatic carboxylic acids is 1. The highest BCUT2D eigenvalue weighted by Gasteiger charge is 2.07. The fourth-order valence-electron chi connectivity index (χ4n) is 1.89. The first-order valence-electron chi connectivity index (χ1n) is 6.97. The van der Waals surface area contributed by atoms with Gasteiger partial charge < -0.3 is 20.8 Å². The van der Waals surface area contributed by atoms with Crippen molar-refractivity contribution in [2.75, 3.05) is 18.4 Å². The molecule has 116 valence electrons. The summed E-state index contributed by atoms with van der Waals surface area (Å²) >= 11 is 0. The quantitative estimate of drug-likeness (QED) is 0.518. The summed E-state index contributed by atoms with van der Waals surface area (Å²) in [6.07, 6.45) is 0.701. The van der Waals surface area contributed by atoms with Crippen LogP contribution in [0.25, 0.3) is 0 Å². The van der Waals surface area contributed by atoms with Crippen molar-refractivity contribution < 1.29 is 19.8 Å². The number of aliphatic hydroxyl groups excluding tert-OH is 1. The van der Waals surface area contributed by atoms with E-state index < -0.39 is 12.1 Å². The molecule has 0 saturated carbocycles. The first-order valence-corrected chi connectivity index (χ1v) is 6.97. The molecule has 1 aromatic rings. The summed E-state index contributed by atoms with van der Waals surface area (Å²) in [5.74, 6) is -0.926. The molecule has 0 aliphatic carbocycles. The molecule has 4 N–H and O–H groups in total. The van der Waals surface area contributed by atoms with E-state index in [1.807, 2.05) is 0 Å². The highest BCUT2D eigenvalue weighted by molar-refractivity contribution is 5.88. The van der Waals surface area contributed by atoms with Crippen LogP contribution in [0.3, 0.4) is 0 Å². The molecule has 1 amide bonds. The molecule has 6 heteroatoms. The molecule has 21 heavy (non-hydrogen) atoms. The van der Waals surface area contributed by atoms with E-state index in [4.69, 9.17) is 5.11 Å². The van der Waals surface area contributed by atoms with Crippen LogP contribution in [-0.4, -0.2) is 35.2 Å². The van der Waals surface area contributed by atoms with Gasteiger partial charge in [-0.05, 0) is 43.6 Å². The van der Waals surface area contributed by atoms with Crippen LogP contribution in [0.2, 0.25) is 0 Å². The molecule has 0 heterocycles. The Kier molecular flexibility index (Phi) is 7.42. The van der Waals surface area contributed by atoms with Crippen molar-refractivity contribution in [3.05, 3.63) is 29.8 Å². The first kappa shape index (κ1) is 17.1. The second kappa shape index (κ2) is 9.10. The first-order chi connectivity index (χ1) is 9.99. The van der Waals surface area contributed by atoms with Gasteiger partial charge in [0.1, 0.15) is 0 Å². The van der Waals surface area contributed by atoms with Crippen molar-refractivity contribution >= 4 is 17.6 Å². The number of rotatable bonds is 9. The van der Waals surface area contributed by atoms with Crippen LogP contribution in [0.5, 0.6) is 0 Å². The second-order valence-corrected chi connectivity index (χ2v) is 4.85. The third-order valence-electron chi connectivity index (χ3n) is 2.95. The van der Waals surface area contributed by atoms with Crippen molar-refractivity contribution in [3.8, 4) is 0 Å². The number of amides is 1. The minimum absolute atomic E-state index is 0.131. The highest BCUT2D eigenvalue weighted by Crippen LogP contribution is 2.18. The van der Waals surface area contributed by atoms with Crippen LogP contribution < -0.4 is 10.6 Å². The maximum Gasteiger partial charge on any atom is 0.303 e. The zero-order chi connectivity index (χ0) is 15.7. The molecular formula is C15H22N2O4. The highest BCUT2D eigenvalue weighted by atomic mass is 16.4. The zero-order valence-electron chi connectivity index (χ0n) is 12.1. The van der Waals surface area contributed by atoms with Crippen molar-refractivity contribution in [2.45, 2.75) is 32.3 Å². The van der Waals surface area contributed by atoms with Crippen molar-refractivity contribution in [1.29, 1.82) is 0 Å². The number of carboxylic acid groups (broad SMARTS) is 1. The third-order valence-corrected chi connectivity index (χ3v) is 2.95. The molecule has 1 unspecified atom stereocenters. The molecule has 0 spiro atoms. The fourth-order valence-corrected chi connectivity index (χ4v) is 1.89. The normalized spacial score (nSPS) is 11.9. The molecule has 1 atom stereocenters. The van der Waals surface area contributed by atoms with E-state index >= 15 is 0 Å². The van der Waals surface area contributed by atoms with Gasteiger partial charge in [-0.3, -0.25) is 9.59 Å². The molecule has 0 aromatic heterocycles. The van der Waals surface area contributed by atoms with E-state index in [0.717, 1.165) is 5.56 Å². The van der Waals surface area contributed by atoms with Gasteiger partial charge in [-0.2, -0.15) is 0 Å². The number of carbonyl (C=O) groups is 2. The maximum atomic E-state index is 10.9. The lowest BCUT2D eigenvalue weighted by Crippen LogP contribution is -2.19. The van der Waals surface area contributed by atoms with Gasteiger partial charge in [0, 0.05) is 19.0 Å². The molecule has 0 radical (unpaired) electrons. The minimum Gasteiger partial charge on any atom is -0.481 e. The van der Waals surface area contributed by atoms with Gasteiger partial charge in [0.2, 0.25) is 5.91 Å². The van der Waals surface area contributed by atoms with E-state index in [-0.39, 0.29) is 12.3 Å². The SMILES string of the molecule is CC(=O)Nc1ccc(C(O)CCNCCCC(=O)O)cc1. The number of carboxylic acids is 1. The largest absolute Gasteiger partial charge is 0.481 e. The summed E-state index contributed by atoms with van der Waals surface area (Å²) in [5, 5.41) is 24.3. The zero-order valence-corrected chi connectivity index (χ0v) is 12.1. The lowest BCUT2D eigenvalue weighted by atomic mass is 10.1. The summed E-state index contributed by atoms with van der Waals surface area (Å²) in [5.41, 5.74) is 1.49. The molecule has 0 bridgehead atoms. The molecule has 0 saturated heterocycles.